The van der Waals surface area contributed by atoms with E-state index in [0.29, 0.717) is 12.2 Å². The van der Waals surface area contributed by atoms with E-state index in [0.717, 1.165) is 5.56 Å². The second kappa shape index (κ2) is 5.37. The molecule has 0 heterocycles. The number of nitrogens with two attached hydrogens (primary N) is 1. The van der Waals surface area contributed by atoms with E-state index in [1.165, 1.54) is 20.3 Å². The second-order valence-electron chi connectivity index (χ2n) is 3.34. The first-order chi connectivity index (χ1) is 7.58. The number of carbonyl (C=O) groups excluding carboxylic acids is 1. The van der Waals surface area contributed by atoms with Crippen molar-refractivity contribution in [3.8, 4) is 11.5 Å². The van der Waals surface area contributed by atoms with Crippen LogP contribution >= 0.6 is 0 Å². The summed E-state index contributed by atoms with van der Waals surface area (Å²) in [5.74, 6) is -0.0560. The molecule has 0 aliphatic heterocycles. The third-order valence-corrected chi connectivity index (χ3v) is 2.20. The number of esters is 1. The number of phenolic OH excluding ortho intramolecular Hbond substituents is 1. The molecule has 1 atom stereocenters. The van der Waals surface area contributed by atoms with E-state index in [9.17, 15) is 9.90 Å². The SMILES string of the molecule is COC(=O)[C@H](N)Cc1ccc(O)c(OC)c1. The first kappa shape index (κ1) is 12.3. The van der Waals surface area contributed by atoms with Crippen LogP contribution in [0.5, 0.6) is 11.5 Å². The van der Waals surface area contributed by atoms with Gasteiger partial charge in [0.15, 0.2) is 11.5 Å². The first-order valence-corrected chi connectivity index (χ1v) is 4.77. The van der Waals surface area contributed by atoms with E-state index >= 15 is 0 Å². The molecule has 0 saturated heterocycles. The summed E-state index contributed by atoms with van der Waals surface area (Å²) < 4.78 is 9.47. The fraction of sp³-hybridized carbons (Fsp3) is 0.364. The molecule has 0 aliphatic rings. The van der Waals surface area contributed by atoms with Gasteiger partial charge in [-0.25, -0.2) is 0 Å². The maximum atomic E-state index is 11.1. The van der Waals surface area contributed by atoms with Crippen LogP contribution in [0.3, 0.4) is 0 Å². The average molecular weight is 225 g/mol. The summed E-state index contributed by atoms with van der Waals surface area (Å²) >= 11 is 0. The van der Waals surface area contributed by atoms with Crippen molar-refractivity contribution >= 4 is 5.97 Å². The monoisotopic (exact) mass is 225 g/mol. The molecule has 1 aromatic carbocycles. The lowest BCUT2D eigenvalue weighted by Gasteiger charge is -2.10. The summed E-state index contributed by atoms with van der Waals surface area (Å²) in [7, 11) is 2.75. The number of methoxy groups -OCH3 is 2. The van der Waals surface area contributed by atoms with Crippen LogP contribution in [0, 0.1) is 0 Å². The summed E-state index contributed by atoms with van der Waals surface area (Å²) in [6, 6.07) is 4.11. The number of hydrogen-bond acceptors (Lipinski definition) is 5. The lowest BCUT2D eigenvalue weighted by atomic mass is 10.1. The Balaban J connectivity index is 2.78. The van der Waals surface area contributed by atoms with Crippen molar-refractivity contribution in [2.75, 3.05) is 14.2 Å². The molecule has 1 rings (SSSR count). The predicted molar refractivity (Wildman–Crippen MR) is 58.4 cm³/mol. The minimum Gasteiger partial charge on any atom is -0.504 e. The Kier molecular flexibility index (Phi) is 4.13. The molecule has 0 unspecified atom stereocenters. The van der Waals surface area contributed by atoms with Crippen molar-refractivity contribution in [3.63, 3.8) is 0 Å². The molecule has 0 radical (unpaired) electrons. The van der Waals surface area contributed by atoms with Gasteiger partial charge < -0.3 is 20.3 Å². The van der Waals surface area contributed by atoms with Gasteiger partial charge in [-0.1, -0.05) is 6.07 Å². The van der Waals surface area contributed by atoms with E-state index in [2.05, 4.69) is 4.74 Å². The number of aromatic hydroxyl groups is 1. The van der Waals surface area contributed by atoms with E-state index in [4.69, 9.17) is 10.5 Å². The fourth-order valence-electron chi connectivity index (χ4n) is 1.34. The number of hydrogen-bond donors (Lipinski definition) is 2. The Morgan fingerprint density at radius 1 is 1.50 bits per heavy atom. The Morgan fingerprint density at radius 3 is 2.75 bits per heavy atom. The van der Waals surface area contributed by atoms with Gasteiger partial charge in [-0.2, -0.15) is 0 Å². The highest BCUT2D eigenvalue weighted by Gasteiger charge is 2.15. The normalized spacial score (nSPS) is 11.9. The van der Waals surface area contributed by atoms with Crippen LogP contribution in [0.25, 0.3) is 0 Å². The quantitative estimate of drug-likeness (QED) is 0.727. The molecule has 0 spiro atoms. The van der Waals surface area contributed by atoms with Crippen molar-refractivity contribution in [2.24, 2.45) is 5.73 Å². The minimum atomic E-state index is -0.709. The summed E-state index contributed by atoms with van der Waals surface area (Å²) in [5, 5.41) is 9.38. The first-order valence-electron chi connectivity index (χ1n) is 4.77. The number of carbonyl (C=O) groups is 1. The number of ether oxygens (including phenoxy) is 2. The summed E-state index contributed by atoms with van der Waals surface area (Å²) in [5.41, 5.74) is 6.41. The molecule has 0 aromatic heterocycles. The Labute approximate surface area is 93.8 Å². The number of rotatable bonds is 4. The molecule has 1 aromatic rings. The van der Waals surface area contributed by atoms with Gasteiger partial charge in [-0.05, 0) is 24.1 Å². The van der Waals surface area contributed by atoms with Gasteiger partial charge >= 0.3 is 5.97 Å². The molecular weight excluding hydrogens is 210 g/mol. The molecule has 3 N–H and O–H groups in total. The largest absolute Gasteiger partial charge is 0.504 e. The zero-order chi connectivity index (χ0) is 12.1. The second-order valence-corrected chi connectivity index (χ2v) is 3.34. The van der Waals surface area contributed by atoms with Crippen LogP contribution in [-0.4, -0.2) is 31.3 Å². The number of benzene rings is 1. The summed E-state index contributed by atoms with van der Waals surface area (Å²) in [4.78, 5) is 11.1. The molecule has 5 heteroatoms. The summed E-state index contributed by atoms with van der Waals surface area (Å²) in [6.45, 7) is 0. The van der Waals surface area contributed by atoms with Gasteiger partial charge in [0.05, 0.1) is 14.2 Å². The van der Waals surface area contributed by atoms with Crippen LogP contribution in [0.4, 0.5) is 0 Å². The topological polar surface area (TPSA) is 81.8 Å². The van der Waals surface area contributed by atoms with Gasteiger partial charge in [0.1, 0.15) is 6.04 Å². The Morgan fingerprint density at radius 2 is 2.19 bits per heavy atom. The molecular formula is C11H15NO4. The molecule has 16 heavy (non-hydrogen) atoms. The van der Waals surface area contributed by atoms with Crippen LogP contribution < -0.4 is 10.5 Å². The van der Waals surface area contributed by atoms with E-state index in [1.807, 2.05) is 0 Å². The zero-order valence-corrected chi connectivity index (χ0v) is 9.27. The average Bonchev–Trinajstić information content (AvgIpc) is 2.30. The van der Waals surface area contributed by atoms with Crippen molar-refractivity contribution in [1.82, 2.24) is 0 Å². The highest BCUT2D eigenvalue weighted by Crippen LogP contribution is 2.26. The van der Waals surface area contributed by atoms with Gasteiger partial charge in [-0.3, -0.25) is 4.79 Å². The lowest BCUT2D eigenvalue weighted by molar-refractivity contribution is -0.142. The lowest BCUT2D eigenvalue weighted by Crippen LogP contribution is -2.33. The third kappa shape index (κ3) is 2.87. The maximum absolute atomic E-state index is 11.1. The third-order valence-electron chi connectivity index (χ3n) is 2.20. The zero-order valence-electron chi connectivity index (χ0n) is 9.27. The maximum Gasteiger partial charge on any atom is 0.322 e. The molecule has 0 fully saturated rings. The highest BCUT2D eigenvalue weighted by atomic mass is 16.5. The molecule has 0 aliphatic carbocycles. The standard InChI is InChI=1S/C11H15NO4/c1-15-10-6-7(3-4-9(10)13)5-8(12)11(14)16-2/h3-4,6,8,13H,5,12H2,1-2H3/t8-/m1/s1. The van der Waals surface area contributed by atoms with Gasteiger partial charge in [-0.15, -0.1) is 0 Å². The van der Waals surface area contributed by atoms with E-state index in [-0.39, 0.29) is 5.75 Å². The van der Waals surface area contributed by atoms with Crippen molar-refractivity contribution in [1.29, 1.82) is 0 Å². The molecule has 0 amide bonds. The minimum absolute atomic E-state index is 0.0536. The van der Waals surface area contributed by atoms with E-state index in [1.54, 1.807) is 12.1 Å². The van der Waals surface area contributed by atoms with Crippen molar-refractivity contribution < 1.29 is 19.4 Å². The van der Waals surface area contributed by atoms with E-state index < -0.39 is 12.0 Å². The summed E-state index contributed by atoms with van der Waals surface area (Å²) in [6.07, 6.45) is 0.337. The smallest absolute Gasteiger partial charge is 0.322 e. The van der Waals surface area contributed by atoms with Crippen LogP contribution in [0.1, 0.15) is 5.56 Å². The predicted octanol–water partition coefficient (Wildman–Crippen LogP) is 0.444. The molecule has 0 saturated carbocycles. The van der Waals surface area contributed by atoms with Gasteiger partial charge in [0, 0.05) is 0 Å². The van der Waals surface area contributed by atoms with Crippen LogP contribution in [0.15, 0.2) is 18.2 Å². The molecule has 5 nitrogen and oxygen atoms in total. The highest BCUT2D eigenvalue weighted by molar-refractivity contribution is 5.75. The van der Waals surface area contributed by atoms with Crippen LogP contribution in [-0.2, 0) is 16.0 Å². The Bertz CT molecular complexity index is 378. The number of phenols is 1. The Hall–Kier alpha value is -1.75. The fourth-order valence-corrected chi connectivity index (χ4v) is 1.34. The molecule has 88 valence electrons. The molecule has 0 bridgehead atoms. The van der Waals surface area contributed by atoms with Crippen molar-refractivity contribution in [3.05, 3.63) is 23.8 Å². The van der Waals surface area contributed by atoms with Gasteiger partial charge in [0.2, 0.25) is 0 Å². The van der Waals surface area contributed by atoms with Crippen LogP contribution in [0.2, 0.25) is 0 Å². The van der Waals surface area contributed by atoms with Gasteiger partial charge in [0.25, 0.3) is 0 Å². The van der Waals surface area contributed by atoms with Crippen molar-refractivity contribution in [2.45, 2.75) is 12.5 Å².